The van der Waals surface area contributed by atoms with E-state index in [1.54, 1.807) is 14.2 Å². The predicted octanol–water partition coefficient (Wildman–Crippen LogP) is 2.77. The van der Waals surface area contributed by atoms with Crippen LogP contribution in [0.1, 0.15) is 34.1 Å². The topological polar surface area (TPSA) is 30.9 Å². The zero-order valence-electron chi connectivity index (χ0n) is 14.8. The molecule has 6 heteroatoms. The Morgan fingerprint density at radius 2 is 1.65 bits per heavy atom. The monoisotopic (exact) mass is 321 g/mol. The normalized spacial score (nSPS) is 13.5. The molecular weight excluding hydrogens is 286 g/mol. The molecule has 4 nitrogen and oxygen atoms in total. The molecule has 0 radical (unpaired) electrons. The summed E-state index contributed by atoms with van der Waals surface area (Å²) in [5, 5.41) is 0. The summed E-state index contributed by atoms with van der Waals surface area (Å²) in [4.78, 5) is 2.48. The molecule has 0 heterocycles. The number of hydrogen-bond acceptors (Lipinski definition) is 4. The summed E-state index contributed by atoms with van der Waals surface area (Å²) in [5.74, 6) is 0. The highest BCUT2D eigenvalue weighted by Crippen LogP contribution is 2.19. The lowest BCUT2D eigenvalue weighted by atomic mass is 10.1. The van der Waals surface area contributed by atoms with Gasteiger partial charge in [0.25, 0.3) is 0 Å². The van der Waals surface area contributed by atoms with Gasteiger partial charge in [0.1, 0.15) is 0 Å². The lowest BCUT2D eigenvalue weighted by Crippen LogP contribution is -2.47. The van der Waals surface area contributed by atoms with Crippen LogP contribution in [0.2, 0.25) is 19.1 Å². The first-order valence-corrected chi connectivity index (χ1v) is 12.8. The first-order valence-electron chi connectivity index (χ1n) is 7.70. The quantitative estimate of drug-likeness (QED) is 0.579. The molecule has 0 fully saturated rings. The Morgan fingerprint density at radius 3 is 2.00 bits per heavy atom. The second kappa shape index (κ2) is 9.32. The molecule has 0 spiro atoms. The lowest BCUT2D eigenvalue weighted by molar-refractivity contribution is 0.107. The van der Waals surface area contributed by atoms with Crippen molar-refractivity contribution in [3.05, 3.63) is 0 Å². The molecule has 0 aromatic heterocycles. The van der Waals surface area contributed by atoms with Crippen LogP contribution in [0.5, 0.6) is 0 Å². The van der Waals surface area contributed by atoms with Gasteiger partial charge in [-0.05, 0) is 40.3 Å². The third kappa shape index (κ3) is 7.33. The molecule has 0 unspecified atom stereocenters. The molecule has 0 bridgehead atoms. The lowest BCUT2D eigenvalue weighted by Gasteiger charge is -2.35. The first kappa shape index (κ1) is 20.3. The van der Waals surface area contributed by atoms with Crippen LogP contribution in [0, 0.1) is 0 Å². The highest BCUT2D eigenvalue weighted by molar-refractivity contribution is 6.63. The molecular formula is C14H35NO3Si2. The van der Waals surface area contributed by atoms with Crippen molar-refractivity contribution >= 4 is 17.6 Å². The average Bonchev–Trinajstić information content (AvgIpc) is 2.37. The van der Waals surface area contributed by atoms with Crippen molar-refractivity contribution in [1.82, 2.24) is 4.90 Å². The van der Waals surface area contributed by atoms with Gasteiger partial charge >= 0.3 is 8.80 Å². The second-order valence-corrected chi connectivity index (χ2v) is 12.7. The molecule has 0 amide bonds. The van der Waals surface area contributed by atoms with E-state index in [0.29, 0.717) is 0 Å². The van der Waals surface area contributed by atoms with E-state index in [2.05, 4.69) is 45.7 Å². The van der Waals surface area contributed by atoms with Crippen LogP contribution in [0.4, 0.5) is 0 Å². The smallest absolute Gasteiger partial charge is 0.377 e. The predicted molar refractivity (Wildman–Crippen MR) is 91.0 cm³/mol. The van der Waals surface area contributed by atoms with Crippen molar-refractivity contribution in [3.63, 3.8) is 0 Å². The Hall–Kier alpha value is 0.274. The Kier molecular flexibility index (Phi) is 9.45. The fourth-order valence-electron chi connectivity index (χ4n) is 2.23. The zero-order chi connectivity index (χ0) is 15.8. The van der Waals surface area contributed by atoms with Crippen LogP contribution < -0.4 is 0 Å². The first-order chi connectivity index (χ1) is 9.20. The van der Waals surface area contributed by atoms with Gasteiger partial charge in [0.05, 0.1) is 8.80 Å². The summed E-state index contributed by atoms with van der Waals surface area (Å²) < 4.78 is 17.3. The molecule has 0 aromatic carbocycles. The van der Waals surface area contributed by atoms with E-state index in [1.165, 1.54) is 0 Å². The highest BCUT2D eigenvalue weighted by Gasteiger charge is 2.38. The molecule has 0 N–H and O–H groups in total. The van der Waals surface area contributed by atoms with Gasteiger partial charge in [-0.2, -0.15) is 0 Å². The number of nitrogens with zero attached hydrogens (tertiary/aromatic N) is 1. The van der Waals surface area contributed by atoms with Crippen LogP contribution in [0.15, 0.2) is 0 Å². The molecule has 122 valence electrons. The van der Waals surface area contributed by atoms with E-state index in [1.807, 2.05) is 0 Å². The van der Waals surface area contributed by atoms with E-state index in [9.17, 15) is 0 Å². The molecule has 0 rings (SSSR count). The van der Waals surface area contributed by atoms with Crippen molar-refractivity contribution in [3.8, 4) is 0 Å². The third-order valence-corrected chi connectivity index (χ3v) is 7.48. The van der Waals surface area contributed by atoms with E-state index in [4.69, 9.17) is 13.3 Å². The van der Waals surface area contributed by atoms with Crippen molar-refractivity contribution < 1.29 is 13.3 Å². The molecule has 0 aliphatic rings. The van der Waals surface area contributed by atoms with Gasteiger partial charge < -0.3 is 13.3 Å². The molecule has 0 saturated carbocycles. The fourth-order valence-corrected chi connectivity index (χ4v) is 6.12. The van der Waals surface area contributed by atoms with Gasteiger partial charge in [-0.3, -0.25) is 4.90 Å². The molecule has 20 heavy (non-hydrogen) atoms. The largest absolute Gasteiger partial charge is 0.500 e. The fraction of sp³-hybridized carbons (Fsp3) is 1.00. The van der Waals surface area contributed by atoms with E-state index >= 15 is 0 Å². The van der Waals surface area contributed by atoms with Gasteiger partial charge in [-0.1, -0.05) is 20.0 Å². The minimum atomic E-state index is -2.44. The van der Waals surface area contributed by atoms with Crippen LogP contribution in [-0.4, -0.2) is 61.6 Å². The van der Waals surface area contributed by atoms with Crippen molar-refractivity contribution in [1.29, 1.82) is 0 Å². The van der Waals surface area contributed by atoms with Gasteiger partial charge in [0, 0.05) is 32.0 Å². The van der Waals surface area contributed by atoms with Gasteiger partial charge in [0.15, 0.2) is 0 Å². The van der Waals surface area contributed by atoms with E-state index < -0.39 is 17.6 Å². The second-order valence-electron chi connectivity index (χ2n) is 6.65. The third-order valence-electron chi connectivity index (χ3n) is 3.50. The van der Waals surface area contributed by atoms with Crippen LogP contribution in [0.3, 0.4) is 0 Å². The summed E-state index contributed by atoms with van der Waals surface area (Å²) in [6.07, 6.45) is 1.89. The van der Waals surface area contributed by atoms with Gasteiger partial charge in [-0.25, -0.2) is 0 Å². The summed E-state index contributed by atoms with van der Waals surface area (Å²) in [6, 6.07) is 0.897. The minimum absolute atomic E-state index is 0.213. The van der Waals surface area contributed by atoms with Crippen LogP contribution in [-0.2, 0) is 13.3 Å². The molecule has 0 aliphatic carbocycles. The van der Waals surface area contributed by atoms with E-state index in [-0.39, 0.29) is 5.54 Å². The average molecular weight is 322 g/mol. The molecule has 0 aromatic rings. The van der Waals surface area contributed by atoms with Gasteiger partial charge in [-0.15, -0.1) is 0 Å². The van der Waals surface area contributed by atoms with Crippen molar-refractivity contribution in [2.45, 2.75) is 58.8 Å². The summed E-state index contributed by atoms with van der Waals surface area (Å²) in [5.41, 5.74) is 0.213. The minimum Gasteiger partial charge on any atom is -0.377 e. The maximum atomic E-state index is 6.03. The maximum Gasteiger partial charge on any atom is 0.500 e. The summed E-state index contributed by atoms with van der Waals surface area (Å²) in [6.45, 7) is 15.7. The molecule has 0 atom stereocenters. The molecule has 0 aliphatic heterocycles. The Bertz CT molecular complexity index is 253. The van der Waals surface area contributed by atoms with Crippen molar-refractivity contribution in [2.24, 2.45) is 0 Å². The summed E-state index contributed by atoms with van der Waals surface area (Å²) in [7, 11) is 0.262. The summed E-state index contributed by atoms with van der Waals surface area (Å²) >= 11 is 0. The van der Waals surface area contributed by atoms with Crippen LogP contribution in [0.25, 0.3) is 0 Å². The highest BCUT2D eigenvalue weighted by atomic mass is 28.4. The Labute approximate surface area is 128 Å². The van der Waals surface area contributed by atoms with E-state index in [0.717, 1.165) is 31.8 Å². The van der Waals surface area contributed by atoms with Gasteiger partial charge in [0.2, 0.25) is 0 Å². The van der Waals surface area contributed by atoms with Crippen molar-refractivity contribution in [2.75, 3.05) is 33.5 Å². The number of hydrogen-bond donors (Lipinski definition) is 0. The SMILES string of the molecule is CCN(CCC[Si](OC)(OC)OC[SiH](C)C)C(C)(C)C. The standard InChI is InChI=1S/C14H35NO3Si2/c1-9-15(14(2,3)4)11-10-12-20(16-5,17-6)18-13-19(7)8/h19H,9-13H2,1-8H3. The number of rotatable bonds is 10. The molecule has 0 saturated heterocycles. The Morgan fingerprint density at radius 1 is 1.10 bits per heavy atom. The van der Waals surface area contributed by atoms with Crippen LogP contribution >= 0.6 is 0 Å². The Balaban J connectivity index is 4.40. The zero-order valence-corrected chi connectivity index (χ0v) is 16.9. The maximum absolute atomic E-state index is 6.03.